The third kappa shape index (κ3) is 8.09. The highest BCUT2D eigenvalue weighted by atomic mass is 35.5. The van der Waals surface area contributed by atoms with Crippen molar-refractivity contribution in [3.63, 3.8) is 0 Å². The number of benzene rings is 1. The molecule has 5 nitrogen and oxygen atoms in total. The number of hydrogen-bond donors (Lipinski definition) is 2. The molecule has 1 unspecified atom stereocenters. The van der Waals surface area contributed by atoms with Crippen molar-refractivity contribution in [3.05, 3.63) is 24.3 Å². The first-order chi connectivity index (χ1) is 10.4. The Kier molecular flexibility index (Phi) is 9.68. The molecule has 1 aromatic carbocycles. The Labute approximate surface area is 145 Å². The number of halogens is 1. The Hall–Kier alpha value is -1.46. The van der Waals surface area contributed by atoms with Crippen LogP contribution < -0.4 is 20.5 Å². The van der Waals surface area contributed by atoms with Crippen molar-refractivity contribution in [3.8, 4) is 11.5 Å². The van der Waals surface area contributed by atoms with Gasteiger partial charge in [0, 0.05) is 12.1 Å². The number of amides is 1. The highest BCUT2D eigenvalue weighted by Gasteiger charge is 2.25. The van der Waals surface area contributed by atoms with E-state index in [1.54, 1.807) is 7.11 Å². The molecule has 3 N–H and O–H groups in total. The molecule has 132 valence electrons. The molecular formula is C17H29ClN2O3. The smallest absolute Gasteiger partial charge is 0.223 e. The van der Waals surface area contributed by atoms with Crippen molar-refractivity contribution in [2.45, 2.75) is 39.2 Å². The Bertz CT molecular complexity index is 465. The van der Waals surface area contributed by atoms with Gasteiger partial charge in [0.25, 0.3) is 0 Å². The number of rotatable bonds is 9. The first-order valence-corrected chi connectivity index (χ1v) is 7.66. The van der Waals surface area contributed by atoms with Crippen LogP contribution >= 0.6 is 12.4 Å². The van der Waals surface area contributed by atoms with Crippen LogP contribution in [0.4, 0.5) is 0 Å². The van der Waals surface area contributed by atoms with Gasteiger partial charge < -0.3 is 20.5 Å². The molecule has 0 radical (unpaired) electrons. The van der Waals surface area contributed by atoms with Gasteiger partial charge in [-0.05, 0) is 43.5 Å². The average Bonchev–Trinajstić information content (AvgIpc) is 2.47. The van der Waals surface area contributed by atoms with E-state index >= 15 is 0 Å². The quantitative estimate of drug-likeness (QED) is 0.722. The van der Waals surface area contributed by atoms with E-state index in [0.29, 0.717) is 25.5 Å². The predicted molar refractivity (Wildman–Crippen MR) is 95.4 cm³/mol. The summed E-state index contributed by atoms with van der Waals surface area (Å²) in [6.45, 7) is 6.98. The van der Waals surface area contributed by atoms with Gasteiger partial charge in [-0.15, -0.1) is 12.4 Å². The molecule has 0 heterocycles. The van der Waals surface area contributed by atoms with Gasteiger partial charge in [-0.3, -0.25) is 4.79 Å². The summed E-state index contributed by atoms with van der Waals surface area (Å²) in [4.78, 5) is 12.0. The number of ether oxygens (including phenoxy) is 2. The first kappa shape index (κ1) is 21.5. The lowest BCUT2D eigenvalue weighted by Crippen LogP contribution is -2.52. The summed E-state index contributed by atoms with van der Waals surface area (Å²) in [5.41, 5.74) is 5.44. The van der Waals surface area contributed by atoms with Gasteiger partial charge in [0.05, 0.1) is 20.1 Å². The van der Waals surface area contributed by atoms with Crippen molar-refractivity contribution >= 4 is 18.3 Å². The van der Waals surface area contributed by atoms with E-state index in [2.05, 4.69) is 19.2 Å². The molecule has 0 aliphatic carbocycles. The molecule has 1 amide bonds. The van der Waals surface area contributed by atoms with E-state index in [1.807, 2.05) is 31.2 Å². The maximum atomic E-state index is 12.0. The molecule has 0 saturated heterocycles. The van der Waals surface area contributed by atoms with E-state index in [4.69, 9.17) is 15.2 Å². The minimum atomic E-state index is -0.356. The second kappa shape index (κ2) is 10.3. The number of nitrogens with one attached hydrogen (secondary N) is 1. The number of methoxy groups -OCH3 is 1. The Morgan fingerprint density at radius 1 is 1.26 bits per heavy atom. The van der Waals surface area contributed by atoms with Crippen LogP contribution in [0.3, 0.4) is 0 Å². The molecule has 1 atom stereocenters. The van der Waals surface area contributed by atoms with Crippen LogP contribution in [0.25, 0.3) is 0 Å². The van der Waals surface area contributed by atoms with Gasteiger partial charge in [0.15, 0.2) is 0 Å². The fraction of sp³-hybridized carbons (Fsp3) is 0.588. The van der Waals surface area contributed by atoms with E-state index in [9.17, 15) is 4.79 Å². The zero-order valence-corrected chi connectivity index (χ0v) is 15.2. The number of carbonyl (C=O) groups excluding carboxylic acids is 1. The summed E-state index contributed by atoms with van der Waals surface area (Å²) in [6, 6.07) is 7.28. The second-order valence-corrected chi connectivity index (χ2v) is 6.18. The Morgan fingerprint density at radius 3 is 2.30 bits per heavy atom. The largest absolute Gasteiger partial charge is 0.497 e. The summed E-state index contributed by atoms with van der Waals surface area (Å²) < 4.78 is 10.6. The first-order valence-electron chi connectivity index (χ1n) is 7.66. The van der Waals surface area contributed by atoms with Crippen LogP contribution in [0.2, 0.25) is 0 Å². The molecule has 0 spiro atoms. The lowest BCUT2D eigenvalue weighted by Gasteiger charge is -2.31. The predicted octanol–water partition coefficient (Wildman–Crippen LogP) is 2.77. The number of carbonyl (C=O) groups is 1. The van der Waals surface area contributed by atoms with Crippen molar-refractivity contribution in [1.82, 2.24) is 5.32 Å². The molecule has 1 rings (SSSR count). The van der Waals surface area contributed by atoms with Crippen LogP contribution in [0.5, 0.6) is 11.5 Å². The van der Waals surface area contributed by atoms with Crippen LogP contribution in [0.1, 0.15) is 33.6 Å². The topological polar surface area (TPSA) is 73.6 Å². The minimum Gasteiger partial charge on any atom is -0.497 e. The second-order valence-electron chi connectivity index (χ2n) is 6.18. The summed E-state index contributed by atoms with van der Waals surface area (Å²) in [7, 11) is 1.62. The van der Waals surface area contributed by atoms with Crippen molar-refractivity contribution in [1.29, 1.82) is 0 Å². The Morgan fingerprint density at radius 2 is 1.83 bits per heavy atom. The van der Waals surface area contributed by atoms with Gasteiger partial charge >= 0.3 is 0 Å². The summed E-state index contributed by atoms with van der Waals surface area (Å²) in [6.07, 6.45) is 1.16. The molecule has 0 aromatic heterocycles. The van der Waals surface area contributed by atoms with E-state index in [-0.39, 0.29) is 23.9 Å². The van der Waals surface area contributed by atoms with Crippen molar-refractivity contribution in [2.24, 2.45) is 11.7 Å². The van der Waals surface area contributed by atoms with Gasteiger partial charge in [0.2, 0.25) is 5.91 Å². The SMILES string of the molecule is COc1ccc(OCCC(=O)NC(C)(CN)CC(C)C)cc1.Cl. The fourth-order valence-corrected chi connectivity index (χ4v) is 2.42. The van der Waals surface area contributed by atoms with E-state index < -0.39 is 0 Å². The van der Waals surface area contributed by atoms with Gasteiger partial charge in [-0.2, -0.15) is 0 Å². The maximum Gasteiger partial charge on any atom is 0.223 e. The highest BCUT2D eigenvalue weighted by molar-refractivity contribution is 5.85. The molecule has 0 aliphatic rings. The van der Waals surface area contributed by atoms with Gasteiger partial charge in [-0.25, -0.2) is 0 Å². The van der Waals surface area contributed by atoms with E-state index in [0.717, 1.165) is 17.9 Å². The molecule has 0 aliphatic heterocycles. The van der Waals surface area contributed by atoms with Crippen LogP contribution in [0, 0.1) is 5.92 Å². The minimum absolute atomic E-state index is 0. The zero-order valence-electron chi connectivity index (χ0n) is 14.4. The Balaban J connectivity index is 0.00000484. The molecule has 0 saturated carbocycles. The van der Waals surface area contributed by atoms with Crippen LogP contribution in [-0.4, -0.2) is 31.7 Å². The third-order valence-corrected chi connectivity index (χ3v) is 3.41. The average molecular weight is 345 g/mol. The van der Waals surface area contributed by atoms with E-state index in [1.165, 1.54) is 0 Å². The fourth-order valence-electron chi connectivity index (χ4n) is 2.42. The zero-order chi connectivity index (χ0) is 16.6. The maximum absolute atomic E-state index is 12.0. The summed E-state index contributed by atoms with van der Waals surface area (Å²) >= 11 is 0. The lowest BCUT2D eigenvalue weighted by molar-refractivity contribution is -0.123. The van der Waals surface area contributed by atoms with Crippen LogP contribution in [-0.2, 0) is 4.79 Å². The molecule has 0 fully saturated rings. The standard InChI is InChI=1S/C17H28N2O3.ClH/c1-13(2)11-17(3,12-18)19-16(20)9-10-22-15-7-5-14(21-4)6-8-15;/h5-8,13H,9-12,18H2,1-4H3,(H,19,20);1H. The monoisotopic (exact) mass is 344 g/mol. The normalized spacial score (nSPS) is 13.0. The lowest BCUT2D eigenvalue weighted by atomic mass is 9.90. The van der Waals surface area contributed by atoms with Crippen molar-refractivity contribution < 1.29 is 14.3 Å². The van der Waals surface area contributed by atoms with Crippen molar-refractivity contribution in [2.75, 3.05) is 20.3 Å². The van der Waals surface area contributed by atoms with Gasteiger partial charge in [-0.1, -0.05) is 13.8 Å². The molecule has 0 bridgehead atoms. The third-order valence-electron chi connectivity index (χ3n) is 3.41. The van der Waals surface area contributed by atoms with Gasteiger partial charge in [0.1, 0.15) is 11.5 Å². The number of nitrogens with two attached hydrogens (primary N) is 1. The summed E-state index contributed by atoms with van der Waals surface area (Å²) in [5, 5.41) is 3.01. The highest BCUT2D eigenvalue weighted by Crippen LogP contribution is 2.17. The number of hydrogen-bond acceptors (Lipinski definition) is 4. The van der Waals surface area contributed by atoms with Crippen LogP contribution in [0.15, 0.2) is 24.3 Å². The molecule has 1 aromatic rings. The molecular weight excluding hydrogens is 316 g/mol. The summed E-state index contributed by atoms with van der Waals surface area (Å²) in [5.74, 6) is 1.93. The molecule has 6 heteroatoms. The molecule has 23 heavy (non-hydrogen) atoms.